The number of rotatable bonds is 7. The number of benzene rings is 1. The fraction of sp³-hybridized carbons (Fsp3) is 0.385. The molecule has 112 valence electrons. The Labute approximate surface area is 120 Å². The van der Waals surface area contributed by atoms with Crippen LogP contribution in [0.2, 0.25) is 0 Å². The van der Waals surface area contributed by atoms with E-state index in [0.717, 1.165) is 18.2 Å². The molecule has 0 N–H and O–H groups in total. The van der Waals surface area contributed by atoms with Crippen molar-refractivity contribution in [1.82, 2.24) is 0 Å². The summed E-state index contributed by atoms with van der Waals surface area (Å²) < 4.78 is 0. The van der Waals surface area contributed by atoms with Gasteiger partial charge in [-0.3, -0.25) is 29.8 Å². The Bertz CT molecular complexity index is 609. The summed E-state index contributed by atoms with van der Waals surface area (Å²) in [6, 6.07) is 2.74. The van der Waals surface area contributed by atoms with Gasteiger partial charge in [-0.15, -0.1) is 0 Å². The monoisotopic (exact) mass is 294 g/mol. The lowest BCUT2D eigenvalue weighted by Crippen LogP contribution is -2.12. The maximum absolute atomic E-state index is 11.9. The fourth-order valence-corrected chi connectivity index (χ4v) is 1.82. The molecule has 0 bridgehead atoms. The number of nitrogens with zero attached hydrogens (tertiary/aromatic N) is 2. The van der Waals surface area contributed by atoms with Crippen LogP contribution in [0.3, 0.4) is 0 Å². The molecule has 1 rings (SSSR count). The molecule has 0 saturated heterocycles. The molecule has 0 atom stereocenters. The van der Waals surface area contributed by atoms with E-state index in [0.29, 0.717) is 0 Å². The molecule has 0 radical (unpaired) electrons. The minimum Gasteiger partial charge on any atom is -0.299 e. The Morgan fingerprint density at radius 1 is 1.14 bits per heavy atom. The van der Waals surface area contributed by atoms with Gasteiger partial charge in [0.1, 0.15) is 5.78 Å². The van der Waals surface area contributed by atoms with Gasteiger partial charge in [-0.25, -0.2) is 0 Å². The van der Waals surface area contributed by atoms with E-state index in [1.165, 1.54) is 0 Å². The van der Waals surface area contributed by atoms with Crippen LogP contribution in [0.4, 0.5) is 11.4 Å². The van der Waals surface area contributed by atoms with Gasteiger partial charge in [-0.05, 0) is 12.0 Å². The van der Waals surface area contributed by atoms with E-state index in [9.17, 15) is 29.8 Å². The second-order valence-electron chi connectivity index (χ2n) is 4.95. The third kappa shape index (κ3) is 4.44. The Kier molecular flexibility index (Phi) is 5.23. The third-order valence-corrected chi connectivity index (χ3v) is 2.68. The van der Waals surface area contributed by atoms with Crippen LogP contribution in [0.1, 0.15) is 37.0 Å². The molecule has 1 aromatic carbocycles. The molecule has 0 aliphatic heterocycles. The van der Waals surface area contributed by atoms with Crippen molar-refractivity contribution in [2.45, 2.75) is 26.7 Å². The SMILES string of the molecule is CC(C)CC(=O)CC(=O)c1ccc([N+](=O)[O-])cc1[N+](=O)[O-]. The highest BCUT2D eigenvalue weighted by Gasteiger charge is 2.25. The van der Waals surface area contributed by atoms with Crippen molar-refractivity contribution in [2.75, 3.05) is 0 Å². The number of hydrogen-bond acceptors (Lipinski definition) is 6. The molecule has 0 saturated carbocycles. The zero-order valence-corrected chi connectivity index (χ0v) is 11.6. The second kappa shape index (κ2) is 6.69. The molecule has 0 spiro atoms. The Balaban J connectivity index is 3.06. The highest BCUT2D eigenvalue weighted by molar-refractivity contribution is 6.10. The van der Waals surface area contributed by atoms with Crippen LogP contribution in [0, 0.1) is 26.1 Å². The standard InChI is InChI=1S/C13H14N2O6/c1-8(2)5-10(16)7-13(17)11-4-3-9(14(18)19)6-12(11)15(20)21/h3-4,6,8H,5,7H2,1-2H3. The topological polar surface area (TPSA) is 120 Å². The summed E-state index contributed by atoms with van der Waals surface area (Å²) in [5.41, 5.74) is -1.43. The van der Waals surface area contributed by atoms with Crippen molar-refractivity contribution in [3.8, 4) is 0 Å². The zero-order chi connectivity index (χ0) is 16.2. The molecular formula is C13H14N2O6. The highest BCUT2D eigenvalue weighted by Crippen LogP contribution is 2.26. The quantitative estimate of drug-likeness (QED) is 0.330. The molecule has 8 nitrogen and oxygen atoms in total. The lowest BCUT2D eigenvalue weighted by Gasteiger charge is -2.04. The number of nitro benzene ring substituents is 2. The Morgan fingerprint density at radius 3 is 2.24 bits per heavy atom. The average Bonchev–Trinajstić information content (AvgIpc) is 2.36. The van der Waals surface area contributed by atoms with Gasteiger partial charge in [0.05, 0.1) is 27.9 Å². The van der Waals surface area contributed by atoms with E-state index in [-0.39, 0.29) is 23.7 Å². The van der Waals surface area contributed by atoms with Gasteiger partial charge in [0.15, 0.2) is 5.78 Å². The van der Waals surface area contributed by atoms with E-state index >= 15 is 0 Å². The van der Waals surface area contributed by atoms with E-state index in [1.807, 2.05) is 13.8 Å². The van der Waals surface area contributed by atoms with E-state index < -0.39 is 33.4 Å². The van der Waals surface area contributed by atoms with Crippen LogP contribution in [0.5, 0.6) is 0 Å². The number of non-ortho nitro benzene ring substituents is 1. The van der Waals surface area contributed by atoms with Crippen LogP contribution in [-0.2, 0) is 4.79 Å². The molecule has 1 aromatic rings. The summed E-state index contributed by atoms with van der Waals surface area (Å²) in [5.74, 6) is -0.943. The average molecular weight is 294 g/mol. The van der Waals surface area contributed by atoms with Crippen molar-refractivity contribution in [3.05, 3.63) is 44.0 Å². The molecule has 21 heavy (non-hydrogen) atoms. The molecule has 0 aliphatic carbocycles. The van der Waals surface area contributed by atoms with Gasteiger partial charge in [0, 0.05) is 12.5 Å². The zero-order valence-electron chi connectivity index (χ0n) is 11.6. The van der Waals surface area contributed by atoms with Gasteiger partial charge in [-0.2, -0.15) is 0 Å². The van der Waals surface area contributed by atoms with E-state index in [1.54, 1.807) is 0 Å². The Morgan fingerprint density at radius 2 is 1.76 bits per heavy atom. The van der Waals surface area contributed by atoms with Gasteiger partial charge >= 0.3 is 0 Å². The van der Waals surface area contributed by atoms with E-state index in [2.05, 4.69) is 0 Å². The molecule has 0 aliphatic rings. The number of Topliss-reactive ketones (excluding diaryl/α,β-unsaturated/α-hetero) is 2. The summed E-state index contributed by atoms with van der Waals surface area (Å²) in [5, 5.41) is 21.5. The van der Waals surface area contributed by atoms with Crippen molar-refractivity contribution in [1.29, 1.82) is 0 Å². The number of ketones is 2. The summed E-state index contributed by atoms with van der Waals surface area (Å²) >= 11 is 0. The first-order chi connectivity index (χ1) is 9.72. The van der Waals surface area contributed by atoms with Crippen LogP contribution in [0.15, 0.2) is 18.2 Å². The van der Waals surface area contributed by atoms with Gasteiger partial charge in [-0.1, -0.05) is 13.8 Å². The maximum atomic E-state index is 11.9. The molecule has 0 amide bonds. The minimum atomic E-state index is -0.868. The maximum Gasteiger partial charge on any atom is 0.287 e. The lowest BCUT2D eigenvalue weighted by atomic mass is 9.99. The van der Waals surface area contributed by atoms with Gasteiger partial charge in [0.2, 0.25) is 0 Å². The molecule has 0 heterocycles. The minimum absolute atomic E-state index is 0.0807. The molecule has 0 fully saturated rings. The van der Waals surface area contributed by atoms with Crippen LogP contribution in [0.25, 0.3) is 0 Å². The number of nitro groups is 2. The smallest absolute Gasteiger partial charge is 0.287 e. The van der Waals surface area contributed by atoms with E-state index in [4.69, 9.17) is 0 Å². The van der Waals surface area contributed by atoms with Crippen molar-refractivity contribution >= 4 is 22.9 Å². The second-order valence-corrected chi connectivity index (χ2v) is 4.95. The first-order valence-corrected chi connectivity index (χ1v) is 6.20. The predicted octanol–water partition coefficient (Wildman–Crippen LogP) is 2.69. The summed E-state index contributed by atoms with van der Waals surface area (Å²) in [6.07, 6.45) is -0.247. The predicted molar refractivity (Wildman–Crippen MR) is 73.2 cm³/mol. The van der Waals surface area contributed by atoms with Gasteiger partial charge < -0.3 is 0 Å². The van der Waals surface area contributed by atoms with Crippen molar-refractivity contribution in [3.63, 3.8) is 0 Å². The first kappa shape index (κ1) is 16.4. The van der Waals surface area contributed by atoms with Crippen molar-refractivity contribution in [2.24, 2.45) is 5.92 Å². The van der Waals surface area contributed by atoms with Gasteiger partial charge in [0.25, 0.3) is 11.4 Å². The third-order valence-electron chi connectivity index (χ3n) is 2.68. The fourth-order valence-electron chi connectivity index (χ4n) is 1.82. The number of hydrogen-bond donors (Lipinski definition) is 0. The highest BCUT2D eigenvalue weighted by atomic mass is 16.6. The normalized spacial score (nSPS) is 10.4. The van der Waals surface area contributed by atoms with Crippen LogP contribution < -0.4 is 0 Å². The summed E-state index contributed by atoms with van der Waals surface area (Å²) in [7, 11) is 0. The first-order valence-electron chi connectivity index (χ1n) is 6.20. The number of carbonyl (C=O) groups excluding carboxylic acids is 2. The summed E-state index contributed by atoms with van der Waals surface area (Å²) in [4.78, 5) is 43.4. The lowest BCUT2D eigenvalue weighted by molar-refractivity contribution is -0.394. The Hall–Kier alpha value is -2.64. The van der Waals surface area contributed by atoms with Crippen LogP contribution >= 0.6 is 0 Å². The molecule has 8 heteroatoms. The molecular weight excluding hydrogens is 280 g/mol. The molecule has 0 unspecified atom stereocenters. The summed E-state index contributed by atoms with van der Waals surface area (Å²) in [6.45, 7) is 3.63. The van der Waals surface area contributed by atoms with Crippen molar-refractivity contribution < 1.29 is 19.4 Å². The van der Waals surface area contributed by atoms with Crippen LogP contribution in [-0.4, -0.2) is 21.4 Å². The number of carbonyl (C=O) groups is 2. The largest absolute Gasteiger partial charge is 0.299 e. The molecule has 0 aromatic heterocycles.